The maximum absolute atomic E-state index is 12.7. The Labute approximate surface area is 111 Å². The molecule has 1 heterocycles. The van der Waals surface area contributed by atoms with Gasteiger partial charge in [-0.2, -0.15) is 13.2 Å². The number of nitrogens with one attached hydrogen (secondary N) is 1. The second-order valence-electron chi connectivity index (χ2n) is 3.67. The first-order valence-electron chi connectivity index (χ1n) is 5.09. The second kappa shape index (κ2) is 4.75. The van der Waals surface area contributed by atoms with Crippen LogP contribution in [0.4, 0.5) is 18.9 Å². The molecule has 4 nitrogen and oxygen atoms in total. The third-order valence-corrected chi connectivity index (χ3v) is 2.84. The summed E-state index contributed by atoms with van der Waals surface area (Å²) in [5, 5.41) is 0.379. The largest absolute Gasteiger partial charge is 0.496 e. The lowest BCUT2D eigenvalue weighted by Gasteiger charge is -2.14. The van der Waals surface area contributed by atoms with Crippen LogP contribution in [0.1, 0.15) is 5.69 Å². The van der Waals surface area contributed by atoms with E-state index >= 15 is 0 Å². The first-order valence-corrected chi connectivity index (χ1v) is 5.47. The number of nitrogen functional groups attached to an aromatic ring is 1. The minimum absolute atomic E-state index is 0.0243. The average molecular weight is 292 g/mol. The molecule has 1 aromatic carbocycles. The molecule has 0 saturated heterocycles. The zero-order chi connectivity index (χ0) is 14.2. The first kappa shape index (κ1) is 13.7. The number of methoxy groups -OCH3 is 1. The number of hydrogen-bond donors (Lipinski definition) is 2. The van der Waals surface area contributed by atoms with Gasteiger partial charge in [-0.15, -0.1) is 0 Å². The molecule has 8 heteroatoms. The van der Waals surface area contributed by atoms with Crippen molar-refractivity contribution in [2.45, 2.75) is 6.18 Å². The van der Waals surface area contributed by atoms with Gasteiger partial charge >= 0.3 is 6.18 Å². The highest BCUT2D eigenvalue weighted by molar-refractivity contribution is 6.35. The molecule has 0 saturated carbocycles. The molecule has 0 amide bonds. The summed E-state index contributed by atoms with van der Waals surface area (Å²) in [6.07, 6.45) is -4.59. The predicted molar refractivity (Wildman–Crippen MR) is 66.1 cm³/mol. The summed E-state index contributed by atoms with van der Waals surface area (Å²) in [5.74, 6) is 5.59. The maximum atomic E-state index is 12.7. The molecule has 102 valence electrons. The molecule has 0 spiro atoms. The Morgan fingerprint density at radius 2 is 2.05 bits per heavy atom. The van der Waals surface area contributed by atoms with E-state index in [1.54, 1.807) is 0 Å². The number of rotatable bonds is 2. The van der Waals surface area contributed by atoms with E-state index in [1.165, 1.54) is 19.2 Å². The Morgan fingerprint density at radius 3 is 2.58 bits per heavy atom. The molecular weight excluding hydrogens is 283 g/mol. The topological polar surface area (TPSA) is 60.2 Å². The summed E-state index contributed by atoms with van der Waals surface area (Å²) in [7, 11) is 1.39. The summed E-state index contributed by atoms with van der Waals surface area (Å²) in [6.45, 7) is 0. The average Bonchev–Trinajstić information content (AvgIpc) is 2.37. The Kier molecular flexibility index (Phi) is 3.42. The third kappa shape index (κ3) is 2.39. The van der Waals surface area contributed by atoms with Crippen molar-refractivity contribution in [1.29, 1.82) is 0 Å². The third-order valence-electron chi connectivity index (χ3n) is 2.54. The number of alkyl halides is 3. The summed E-state index contributed by atoms with van der Waals surface area (Å²) in [4.78, 5) is 3.53. The van der Waals surface area contributed by atoms with Gasteiger partial charge in [0.05, 0.1) is 28.7 Å². The van der Waals surface area contributed by atoms with Crippen LogP contribution in [0.2, 0.25) is 5.02 Å². The van der Waals surface area contributed by atoms with Gasteiger partial charge in [0.25, 0.3) is 0 Å². The van der Waals surface area contributed by atoms with Crippen molar-refractivity contribution in [3.05, 3.63) is 28.9 Å². The Bertz CT molecular complexity index is 631. The quantitative estimate of drug-likeness (QED) is 0.659. The Morgan fingerprint density at radius 1 is 1.37 bits per heavy atom. The number of hydrazine groups is 1. The molecule has 0 bridgehead atoms. The van der Waals surface area contributed by atoms with Gasteiger partial charge in [-0.3, -0.25) is 5.84 Å². The number of aromatic nitrogens is 1. The van der Waals surface area contributed by atoms with Crippen molar-refractivity contribution in [1.82, 2.24) is 4.98 Å². The lowest BCUT2D eigenvalue weighted by atomic mass is 10.1. The normalized spacial score (nSPS) is 11.7. The van der Waals surface area contributed by atoms with Gasteiger partial charge in [0.1, 0.15) is 11.4 Å². The maximum Gasteiger partial charge on any atom is 0.433 e. The predicted octanol–water partition coefficient (Wildman–Crippen LogP) is 3.20. The second-order valence-corrected chi connectivity index (χ2v) is 4.08. The molecule has 0 atom stereocenters. The van der Waals surface area contributed by atoms with Crippen LogP contribution in [-0.2, 0) is 6.18 Å². The van der Waals surface area contributed by atoms with Gasteiger partial charge in [-0.25, -0.2) is 4.98 Å². The zero-order valence-corrected chi connectivity index (χ0v) is 10.4. The van der Waals surface area contributed by atoms with Gasteiger partial charge in [0, 0.05) is 0 Å². The van der Waals surface area contributed by atoms with Crippen LogP contribution in [0, 0.1) is 0 Å². The monoisotopic (exact) mass is 291 g/mol. The van der Waals surface area contributed by atoms with Gasteiger partial charge in [0.2, 0.25) is 0 Å². The molecular formula is C11H9ClF3N3O. The number of halogens is 4. The number of pyridine rings is 1. The molecule has 19 heavy (non-hydrogen) atoms. The number of anilines is 1. The van der Waals surface area contributed by atoms with Crippen LogP contribution in [0.15, 0.2) is 18.2 Å². The molecule has 0 aliphatic rings. The Balaban J connectivity index is 2.88. The van der Waals surface area contributed by atoms with Gasteiger partial charge < -0.3 is 10.2 Å². The molecule has 0 aliphatic heterocycles. The van der Waals surface area contributed by atoms with E-state index in [0.717, 1.165) is 6.07 Å². The van der Waals surface area contributed by atoms with Crippen LogP contribution in [-0.4, -0.2) is 12.1 Å². The van der Waals surface area contributed by atoms with Crippen molar-refractivity contribution >= 4 is 28.2 Å². The summed E-state index contributed by atoms with van der Waals surface area (Å²) in [5.41, 5.74) is 1.14. The molecule has 2 rings (SSSR count). The highest BCUT2D eigenvalue weighted by Crippen LogP contribution is 2.39. The molecule has 3 N–H and O–H groups in total. The van der Waals surface area contributed by atoms with Crippen molar-refractivity contribution in [3.63, 3.8) is 0 Å². The number of nitrogens with two attached hydrogens (primary N) is 1. The molecule has 1 aromatic heterocycles. The van der Waals surface area contributed by atoms with Crippen molar-refractivity contribution in [3.8, 4) is 5.75 Å². The fraction of sp³-hybridized carbons (Fsp3) is 0.182. The highest BCUT2D eigenvalue weighted by atomic mass is 35.5. The molecule has 0 radical (unpaired) electrons. The summed E-state index contributed by atoms with van der Waals surface area (Å²) >= 11 is 5.88. The van der Waals surface area contributed by atoms with E-state index in [0.29, 0.717) is 11.1 Å². The smallest absolute Gasteiger partial charge is 0.433 e. The van der Waals surface area contributed by atoms with Crippen LogP contribution in [0.5, 0.6) is 5.75 Å². The van der Waals surface area contributed by atoms with E-state index in [2.05, 4.69) is 10.4 Å². The molecule has 2 aromatic rings. The minimum atomic E-state index is -4.59. The molecule has 0 fully saturated rings. The lowest BCUT2D eigenvalue weighted by Crippen LogP contribution is -2.13. The van der Waals surface area contributed by atoms with Gasteiger partial charge in [0.15, 0.2) is 0 Å². The zero-order valence-electron chi connectivity index (χ0n) is 9.68. The standard InChI is InChI=1S/C11H9ClF3N3O/c1-19-7-3-2-5(12)10-9(7)6(18-16)4-8(17-10)11(13,14)15/h2-4H,16H2,1H3,(H,17,18). The highest BCUT2D eigenvalue weighted by Gasteiger charge is 2.34. The lowest BCUT2D eigenvalue weighted by molar-refractivity contribution is -0.140. The van der Waals surface area contributed by atoms with Crippen molar-refractivity contribution < 1.29 is 17.9 Å². The number of nitrogens with zero attached hydrogens (tertiary/aromatic N) is 1. The fourth-order valence-corrected chi connectivity index (χ4v) is 1.91. The number of benzene rings is 1. The SMILES string of the molecule is COc1ccc(Cl)c2nc(C(F)(F)F)cc(NN)c12. The van der Waals surface area contributed by atoms with Gasteiger partial charge in [-0.05, 0) is 18.2 Å². The first-order chi connectivity index (χ1) is 8.88. The van der Waals surface area contributed by atoms with E-state index in [1.807, 2.05) is 0 Å². The molecule has 0 aliphatic carbocycles. The Hall–Kier alpha value is -1.73. The van der Waals surface area contributed by atoms with Crippen molar-refractivity contribution in [2.24, 2.45) is 5.84 Å². The molecule has 0 unspecified atom stereocenters. The van der Waals surface area contributed by atoms with Crippen LogP contribution in [0.25, 0.3) is 10.9 Å². The summed E-state index contributed by atoms with van der Waals surface area (Å²) in [6, 6.07) is 3.75. The van der Waals surface area contributed by atoms with Crippen LogP contribution >= 0.6 is 11.6 Å². The van der Waals surface area contributed by atoms with Gasteiger partial charge in [-0.1, -0.05) is 11.6 Å². The number of fused-ring (bicyclic) bond motifs is 1. The van der Waals surface area contributed by atoms with E-state index in [9.17, 15) is 13.2 Å². The number of hydrogen-bond acceptors (Lipinski definition) is 4. The van der Waals surface area contributed by atoms with Crippen LogP contribution < -0.4 is 16.0 Å². The van der Waals surface area contributed by atoms with E-state index in [4.69, 9.17) is 22.2 Å². The van der Waals surface area contributed by atoms with Crippen LogP contribution in [0.3, 0.4) is 0 Å². The minimum Gasteiger partial charge on any atom is -0.496 e. The van der Waals surface area contributed by atoms with Crippen molar-refractivity contribution in [2.75, 3.05) is 12.5 Å². The van der Waals surface area contributed by atoms with E-state index in [-0.39, 0.29) is 16.2 Å². The number of ether oxygens (including phenoxy) is 1. The summed E-state index contributed by atoms with van der Waals surface area (Å²) < 4.78 is 43.3. The fourth-order valence-electron chi connectivity index (χ4n) is 1.71. The van der Waals surface area contributed by atoms with E-state index < -0.39 is 11.9 Å².